The Labute approximate surface area is 75.6 Å². The van der Waals surface area contributed by atoms with Crippen LogP contribution in [-0.4, -0.2) is 35.2 Å². The highest BCUT2D eigenvalue weighted by Crippen LogP contribution is 2.22. The van der Waals surface area contributed by atoms with Crippen molar-refractivity contribution in [1.29, 1.82) is 0 Å². The lowest BCUT2D eigenvalue weighted by atomic mass is 10.1. The zero-order chi connectivity index (χ0) is 8.97. The van der Waals surface area contributed by atoms with E-state index in [0.717, 1.165) is 0 Å². The Bertz CT molecular complexity index is 123. The summed E-state index contributed by atoms with van der Waals surface area (Å²) in [5, 5.41) is 9.13. The average molecular weight is 171 g/mol. The highest BCUT2D eigenvalue weighted by molar-refractivity contribution is 4.83. The van der Waals surface area contributed by atoms with Gasteiger partial charge < -0.3 is 5.11 Å². The van der Waals surface area contributed by atoms with Crippen LogP contribution in [0.3, 0.4) is 0 Å². The zero-order valence-corrected chi connectivity index (χ0v) is 8.29. The van der Waals surface area contributed by atoms with Gasteiger partial charge in [0.1, 0.15) is 0 Å². The topological polar surface area (TPSA) is 23.5 Å². The summed E-state index contributed by atoms with van der Waals surface area (Å²) in [4.78, 5) is 2.49. The van der Waals surface area contributed by atoms with E-state index >= 15 is 0 Å². The van der Waals surface area contributed by atoms with Crippen molar-refractivity contribution in [2.45, 2.75) is 51.6 Å². The highest BCUT2D eigenvalue weighted by atomic mass is 16.3. The molecule has 72 valence electrons. The Morgan fingerprint density at radius 1 is 1.42 bits per heavy atom. The number of nitrogens with zero attached hydrogens (tertiary/aromatic N) is 1. The van der Waals surface area contributed by atoms with E-state index in [9.17, 15) is 0 Å². The molecule has 1 atom stereocenters. The number of aliphatic hydroxyl groups excluding tert-OH is 1. The first kappa shape index (κ1) is 10.0. The molecule has 1 aliphatic heterocycles. The van der Waals surface area contributed by atoms with Gasteiger partial charge in [0.15, 0.2) is 0 Å². The van der Waals surface area contributed by atoms with Gasteiger partial charge in [-0.2, -0.15) is 0 Å². The molecule has 1 rings (SSSR count). The summed E-state index contributed by atoms with van der Waals surface area (Å²) >= 11 is 0. The van der Waals surface area contributed by atoms with Crippen LogP contribution < -0.4 is 0 Å². The quantitative estimate of drug-likeness (QED) is 0.695. The molecule has 0 aromatic rings. The number of hydrogen-bond donors (Lipinski definition) is 1. The summed E-state index contributed by atoms with van der Waals surface area (Å²) < 4.78 is 0. The van der Waals surface area contributed by atoms with Crippen LogP contribution in [0.15, 0.2) is 0 Å². The van der Waals surface area contributed by atoms with Crippen LogP contribution in [0.4, 0.5) is 0 Å². The summed E-state index contributed by atoms with van der Waals surface area (Å²) in [7, 11) is 0. The van der Waals surface area contributed by atoms with Crippen LogP contribution in [-0.2, 0) is 0 Å². The van der Waals surface area contributed by atoms with Crippen molar-refractivity contribution in [3.63, 3.8) is 0 Å². The first-order valence-electron chi connectivity index (χ1n) is 5.20. The molecule has 0 spiro atoms. The molecule has 0 radical (unpaired) electrons. The van der Waals surface area contributed by atoms with Crippen molar-refractivity contribution in [1.82, 2.24) is 4.90 Å². The molecule has 2 heteroatoms. The second-order valence-corrected chi connectivity index (χ2v) is 3.69. The fourth-order valence-corrected chi connectivity index (χ4v) is 2.29. The average Bonchev–Trinajstić information content (AvgIpc) is 2.55. The Morgan fingerprint density at radius 2 is 2.08 bits per heavy atom. The Balaban J connectivity index is 2.47. The van der Waals surface area contributed by atoms with Gasteiger partial charge in [-0.3, -0.25) is 4.90 Å². The van der Waals surface area contributed by atoms with E-state index in [4.69, 9.17) is 5.11 Å². The van der Waals surface area contributed by atoms with E-state index in [1.807, 2.05) is 0 Å². The van der Waals surface area contributed by atoms with Crippen molar-refractivity contribution >= 4 is 0 Å². The molecule has 0 aromatic heterocycles. The second kappa shape index (κ2) is 4.83. The monoisotopic (exact) mass is 171 g/mol. The van der Waals surface area contributed by atoms with Crippen molar-refractivity contribution in [3.05, 3.63) is 0 Å². The smallest absolute Gasteiger partial charge is 0.0586 e. The van der Waals surface area contributed by atoms with Gasteiger partial charge in [0.05, 0.1) is 6.61 Å². The second-order valence-electron chi connectivity index (χ2n) is 3.69. The van der Waals surface area contributed by atoms with E-state index in [1.54, 1.807) is 0 Å². The van der Waals surface area contributed by atoms with Crippen molar-refractivity contribution in [2.24, 2.45) is 0 Å². The van der Waals surface area contributed by atoms with E-state index in [1.165, 1.54) is 32.2 Å². The fourth-order valence-electron chi connectivity index (χ4n) is 2.29. The normalized spacial score (nSPS) is 25.5. The number of aliphatic hydroxyl groups is 1. The number of rotatable bonds is 4. The van der Waals surface area contributed by atoms with Crippen LogP contribution >= 0.6 is 0 Å². The van der Waals surface area contributed by atoms with Crippen molar-refractivity contribution < 1.29 is 5.11 Å². The van der Waals surface area contributed by atoms with Gasteiger partial charge in [-0.25, -0.2) is 0 Å². The summed E-state index contributed by atoms with van der Waals surface area (Å²) in [5.74, 6) is 0. The van der Waals surface area contributed by atoms with Gasteiger partial charge in [0.25, 0.3) is 0 Å². The fraction of sp³-hybridized carbons (Fsp3) is 1.00. The van der Waals surface area contributed by atoms with E-state index < -0.39 is 0 Å². The molecule has 0 aliphatic carbocycles. The SMILES string of the molecule is CCC(CC)N1CCCC1CO. The molecule has 12 heavy (non-hydrogen) atoms. The third-order valence-corrected chi connectivity index (χ3v) is 3.04. The van der Waals surface area contributed by atoms with Crippen LogP contribution in [0, 0.1) is 0 Å². The maximum absolute atomic E-state index is 9.13. The first-order chi connectivity index (χ1) is 5.83. The van der Waals surface area contributed by atoms with Crippen LogP contribution in [0.25, 0.3) is 0 Å². The van der Waals surface area contributed by atoms with Gasteiger partial charge in [-0.05, 0) is 32.2 Å². The molecule has 0 aromatic carbocycles. The molecule has 1 saturated heterocycles. The van der Waals surface area contributed by atoms with Crippen LogP contribution in [0.1, 0.15) is 39.5 Å². The zero-order valence-electron chi connectivity index (χ0n) is 8.29. The summed E-state index contributed by atoms with van der Waals surface area (Å²) in [6.45, 7) is 6.01. The Kier molecular flexibility index (Phi) is 4.02. The third kappa shape index (κ3) is 1.99. The molecule has 0 saturated carbocycles. The third-order valence-electron chi connectivity index (χ3n) is 3.04. The van der Waals surface area contributed by atoms with Crippen molar-refractivity contribution in [3.8, 4) is 0 Å². The van der Waals surface area contributed by atoms with Gasteiger partial charge >= 0.3 is 0 Å². The predicted molar refractivity (Wildman–Crippen MR) is 51.2 cm³/mol. The Hall–Kier alpha value is -0.0800. The molecular formula is C10H21NO. The molecule has 1 unspecified atom stereocenters. The lowest BCUT2D eigenvalue weighted by molar-refractivity contribution is 0.114. The van der Waals surface area contributed by atoms with E-state index in [2.05, 4.69) is 18.7 Å². The van der Waals surface area contributed by atoms with Gasteiger partial charge in [0, 0.05) is 12.1 Å². The van der Waals surface area contributed by atoms with E-state index in [-0.39, 0.29) is 0 Å². The first-order valence-corrected chi connectivity index (χ1v) is 5.20. The minimum atomic E-state index is 0.344. The summed E-state index contributed by atoms with van der Waals surface area (Å²) in [5.41, 5.74) is 0. The minimum Gasteiger partial charge on any atom is -0.395 e. The van der Waals surface area contributed by atoms with Crippen LogP contribution in [0.5, 0.6) is 0 Å². The lowest BCUT2D eigenvalue weighted by Gasteiger charge is -2.30. The highest BCUT2D eigenvalue weighted by Gasteiger charge is 2.27. The maximum atomic E-state index is 9.13. The molecule has 2 nitrogen and oxygen atoms in total. The van der Waals surface area contributed by atoms with Crippen molar-refractivity contribution in [2.75, 3.05) is 13.2 Å². The van der Waals surface area contributed by atoms with E-state index in [0.29, 0.717) is 18.7 Å². The standard InChI is InChI=1S/C10H21NO/c1-3-9(4-2)11-7-5-6-10(11)8-12/h9-10,12H,3-8H2,1-2H3. The molecule has 1 N–H and O–H groups in total. The number of hydrogen-bond acceptors (Lipinski definition) is 2. The molecule has 1 fully saturated rings. The van der Waals surface area contributed by atoms with Crippen LogP contribution in [0.2, 0.25) is 0 Å². The maximum Gasteiger partial charge on any atom is 0.0586 e. The molecule has 1 heterocycles. The Morgan fingerprint density at radius 3 is 2.58 bits per heavy atom. The number of likely N-dealkylation sites (tertiary alicyclic amines) is 1. The largest absolute Gasteiger partial charge is 0.395 e. The molecule has 0 amide bonds. The predicted octanol–water partition coefficient (Wildman–Crippen LogP) is 1.63. The van der Waals surface area contributed by atoms with Gasteiger partial charge in [-0.1, -0.05) is 13.8 Å². The van der Waals surface area contributed by atoms with Gasteiger partial charge in [0.2, 0.25) is 0 Å². The summed E-state index contributed by atoms with van der Waals surface area (Å²) in [6.07, 6.45) is 4.88. The lowest BCUT2D eigenvalue weighted by Crippen LogP contribution is -2.40. The summed E-state index contributed by atoms with van der Waals surface area (Å²) in [6, 6.07) is 1.15. The van der Waals surface area contributed by atoms with Gasteiger partial charge in [-0.15, -0.1) is 0 Å². The molecule has 1 aliphatic rings. The minimum absolute atomic E-state index is 0.344. The molecule has 0 bridgehead atoms. The molecular weight excluding hydrogens is 150 g/mol.